The van der Waals surface area contributed by atoms with Crippen LogP contribution in [0.5, 0.6) is 0 Å². The fourth-order valence-electron chi connectivity index (χ4n) is 2.68. The van der Waals surface area contributed by atoms with Crippen molar-refractivity contribution in [2.24, 2.45) is 0 Å². The number of carbonyl (C=O) groups is 1. The summed E-state index contributed by atoms with van der Waals surface area (Å²) in [6.45, 7) is 2.05. The van der Waals surface area contributed by atoms with Gasteiger partial charge in [-0.05, 0) is 18.1 Å². The van der Waals surface area contributed by atoms with Crippen molar-refractivity contribution in [1.29, 1.82) is 0 Å². The van der Waals surface area contributed by atoms with Crippen LogP contribution in [-0.4, -0.2) is 18.1 Å². The number of ether oxygens (including phenoxy) is 1. The molecular weight excluding hydrogens is 332 g/mol. The molecule has 0 aliphatic rings. The third-order valence-corrected chi connectivity index (χ3v) is 5.12. The molecule has 3 rings (SSSR count). The highest BCUT2D eigenvalue weighted by atomic mass is 32.1. The fraction of sp³-hybridized carbons (Fsp3) is 0.200. The van der Waals surface area contributed by atoms with Gasteiger partial charge in [-0.1, -0.05) is 60.7 Å². The van der Waals surface area contributed by atoms with Crippen LogP contribution in [0.3, 0.4) is 0 Å². The molecule has 2 aromatic carbocycles. The number of thiazole rings is 1. The first-order valence-corrected chi connectivity index (χ1v) is 8.90. The van der Waals surface area contributed by atoms with Crippen LogP contribution in [0.1, 0.15) is 44.8 Å². The third-order valence-electron chi connectivity index (χ3n) is 3.96. The van der Waals surface area contributed by atoms with E-state index in [-0.39, 0.29) is 18.1 Å². The lowest BCUT2D eigenvalue weighted by Crippen LogP contribution is -2.25. The van der Waals surface area contributed by atoms with Crippen molar-refractivity contribution in [3.8, 4) is 0 Å². The van der Waals surface area contributed by atoms with E-state index in [4.69, 9.17) is 4.74 Å². The molecule has 1 heterocycles. The van der Waals surface area contributed by atoms with Crippen LogP contribution in [0.15, 0.2) is 66.9 Å². The van der Waals surface area contributed by atoms with E-state index in [2.05, 4.69) is 41.5 Å². The molecule has 0 radical (unpaired) electrons. The molecule has 5 heteroatoms. The summed E-state index contributed by atoms with van der Waals surface area (Å²) >= 11 is 1.36. The summed E-state index contributed by atoms with van der Waals surface area (Å²) in [5, 5.41) is 4.49. The topological polar surface area (TPSA) is 51.2 Å². The standard InChI is InChI=1S/C20H20N2O2S/c1-14(19-21-13-17(25-19)20(23)24-2)22-18(15-9-5-3-6-10-15)16-11-7-4-8-12-16/h3-14,18,22H,1-2H3/t14-/m1/s1. The van der Waals surface area contributed by atoms with Gasteiger partial charge in [0.2, 0.25) is 0 Å². The number of hydrogen-bond acceptors (Lipinski definition) is 5. The number of nitrogens with one attached hydrogen (secondary N) is 1. The Bertz CT molecular complexity index is 778. The van der Waals surface area contributed by atoms with Crippen LogP contribution in [0.4, 0.5) is 0 Å². The Labute approximate surface area is 151 Å². The molecule has 0 saturated heterocycles. The van der Waals surface area contributed by atoms with Gasteiger partial charge in [0, 0.05) is 0 Å². The molecule has 1 aromatic heterocycles. The molecule has 25 heavy (non-hydrogen) atoms. The van der Waals surface area contributed by atoms with E-state index in [0.717, 1.165) is 5.01 Å². The second-order valence-electron chi connectivity index (χ2n) is 5.70. The molecule has 0 saturated carbocycles. The van der Waals surface area contributed by atoms with Crippen molar-refractivity contribution in [1.82, 2.24) is 10.3 Å². The number of carbonyl (C=O) groups excluding carboxylic acids is 1. The summed E-state index contributed by atoms with van der Waals surface area (Å²) in [5.74, 6) is -0.349. The Morgan fingerprint density at radius 2 is 1.60 bits per heavy atom. The SMILES string of the molecule is COC(=O)c1cnc([C@@H](C)NC(c2ccccc2)c2ccccc2)s1. The largest absolute Gasteiger partial charge is 0.465 e. The number of rotatable bonds is 6. The first-order valence-electron chi connectivity index (χ1n) is 8.09. The molecule has 0 aliphatic carbocycles. The second-order valence-corrected chi connectivity index (χ2v) is 6.76. The van der Waals surface area contributed by atoms with E-state index in [1.807, 2.05) is 36.4 Å². The number of methoxy groups -OCH3 is 1. The molecule has 0 aliphatic heterocycles. The highest BCUT2D eigenvalue weighted by molar-refractivity contribution is 7.13. The van der Waals surface area contributed by atoms with Gasteiger partial charge in [-0.3, -0.25) is 5.32 Å². The van der Waals surface area contributed by atoms with E-state index >= 15 is 0 Å². The summed E-state index contributed by atoms with van der Waals surface area (Å²) < 4.78 is 4.76. The third kappa shape index (κ3) is 4.13. The van der Waals surface area contributed by atoms with Crippen LogP contribution in [-0.2, 0) is 4.74 Å². The minimum Gasteiger partial charge on any atom is -0.465 e. The second kappa shape index (κ2) is 8.05. The zero-order valence-electron chi connectivity index (χ0n) is 14.2. The minimum absolute atomic E-state index is 0.00572. The summed E-state index contributed by atoms with van der Waals surface area (Å²) in [5.41, 5.74) is 2.37. The van der Waals surface area contributed by atoms with Gasteiger partial charge in [0.1, 0.15) is 9.88 Å². The summed E-state index contributed by atoms with van der Waals surface area (Å²) in [6, 6.07) is 20.7. The first kappa shape index (κ1) is 17.3. The van der Waals surface area contributed by atoms with Gasteiger partial charge in [0.25, 0.3) is 0 Å². The molecule has 0 fully saturated rings. The lowest BCUT2D eigenvalue weighted by molar-refractivity contribution is 0.0606. The van der Waals surface area contributed by atoms with Crippen LogP contribution in [0.25, 0.3) is 0 Å². The average molecular weight is 352 g/mol. The predicted octanol–water partition coefficient (Wildman–Crippen LogP) is 4.37. The average Bonchev–Trinajstić information content (AvgIpc) is 3.17. The Morgan fingerprint density at radius 3 is 2.12 bits per heavy atom. The maximum atomic E-state index is 11.6. The molecule has 0 amide bonds. The molecule has 1 atom stereocenters. The van der Waals surface area contributed by atoms with E-state index in [0.29, 0.717) is 4.88 Å². The van der Waals surface area contributed by atoms with E-state index < -0.39 is 0 Å². The van der Waals surface area contributed by atoms with E-state index in [1.165, 1.54) is 29.6 Å². The van der Waals surface area contributed by atoms with Crippen molar-refractivity contribution in [2.45, 2.75) is 19.0 Å². The van der Waals surface area contributed by atoms with Gasteiger partial charge in [0.15, 0.2) is 0 Å². The van der Waals surface area contributed by atoms with E-state index in [9.17, 15) is 4.79 Å². The van der Waals surface area contributed by atoms with Gasteiger partial charge in [-0.25, -0.2) is 9.78 Å². The quantitative estimate of drug-likeness (QED) is 0.669. The van der Waals surface area contributed by atoms with E-state index in [1.54, 1.807) is 6.20 Å². The van der Waals surface area contributed by atoms with Crippen LogP contribution in [0.2, 0.25) is 0 Å². The van der Waals surface area contributed by atoms with Gasteiger partial charge in [0.05, 0.1) is 25.4 Å². The zero-order chi connectivity index (χ0) is 17.6. The van der Waals surface area contributed by atoms with Crippen LogP contribution >= 0.6 is 11.3 Å². The van der Waals surface area contributed by atoms with Crippen LogP contribution in [0, 0.1) is 0 Å². The highest BCUT2D eigenvalue weighted by Crippen LogP contribution is 2.27. The number of benzene rings is 2. The van der Waals surface area contributed by atoms with Gasteiger partial charge in [-0.2, -0.15) is 0 Å². The molecule has 1 N–H and O–H groups in total. The highest BCUT2D eigenvalue weighted by Gasteiger charge is 2.20. The monoisotopic (exact) mass is 352 g/mol. The lowest BCUT2D eigenvalue weighted by atomic mass is 9.98. The number of esters is 1. The van der Waals surface area contributed by atoms with Gasteiger partial charge in [-0.15, -0.1) is 11.3 Å². The molecule has 0 bridgehead atoms. The summed E-state index contributed by atoms with van der Waals surface area (Å²) in [7, 11) is 1.38. The fourth-order valence-corrected chi connectivity index (χ4v) is 3.53. The zero-order valence-corrected chi connectivity index (χ0v) is 15.0. The lowest BCUT2D eigenvalue weighted by Gasteiger charge is -2.23. The Kier molecular flexibility index (Phi) is 5.58. The minimum atomic E-state index is -0.349. The number of hydrogen-bond donors (Lipinski definition) is 1. The maximum absolute atomic E-state index is 11.6. The van der Waals surface area contributed by atoms with Crippen molar-refractivity contribution in [3.63, 3.8) is 0 Å². The number of aromatic nitrogens is 1. The normalized spacial score (nSPS) is 12.1. The summed E-state index contributed by atoms with van der Waals surface area (Å²) in [4.78, 5) is 16.5. The molecule has 128 valence electrons. The molecule has 0 unspecified atom stereocenters. The van der Waals surface area contributed by atoms with Gasteiger partial charge < -0.3 is 4.74 Å². The molecular formula is C20H20N2O2S. The molecule has 3 aromatic rings. The maximum Gasteiger partial charge on any atom is 0.349 e. The smallest absolute Gasteiger partial charge is 0.349 e. The summed E-state index contributed by atoms with van der Waals surface area (Å²) in [6.07, 6.45) is 1.57. The predicted molar refractivity (Wildman–Crippen MR) is 99.7 cm³/mol. The Balaban J connectivity index is 1.85. The van der Waals surface area contributed by atoms with Crippen molar-refractivity contribution in [2.75, 3.05) is 7.11 Å². The van der Waals surface area contributed by atoms with Crippen LogP contribution < -0.4 is 5.32 Å². The Hall–Kier alpha value is -2.50. The molecule has 0 spiro atoms. The van der Waals surface area contributed by atoms with Crippen molar-refractivity contribution < 1.29 is 9.53 Å². The van der Waals surface area contributed by atoms with Gasteiger partial charge >= 0.3 is 5.97 Å². The van der Waals surface area contributed by atoms with Crippen molar-refractivity contribution in [3.05, 3.63) is 87.9 Å². The Morgan fingerprint density at radius 1 is 1.04 bits per heavy atom. The number of nitrogens with zero attached hydrogens (tertiary/aromatic N) is 1. The van der Waals surface area contributed by atoms with Crippen molar-refractivity contribution >= 4 is 17.3 Å². The molecule has 4 nitrogen and oxygen atoms in total. The first-order chi connectivity index (χ1) is 12.2.